The predicted octanol–water partition coefficient (Wildman–Crippen LogP) is 5.95. The van der Waals surface area contributed by atoms with Crippen LogP contribution in [0.25, 0.3) is 22.5 Å². The van der Waals surface area contributed by atoms with Crippen molar-refractivity contribution in [3.05, 3.63) is 65.1 Å². The van der Waals surface area contributed by atoms with Crippen molar-refractivity contribution in [1.29, 1.82) is 0 Å². The average Bonchev–Trinajstić information content (AvgIpc) is 2.98. The number of aromatic nitrogens is 2. The second kappa shape index (κ2) is 8.00. The van der Waals surface area contributed by atoms with Gasteiger partial charge in [0.1, 0.15) is 0 Å². The van der Waals surface area contributed by atoms with Gasteiger partial charge in [-0.3, -0.25) is 0 Å². The van der Waals surface area contributed by atoms with Gasteiger partial charge in [0.25, 0.3) is 0 Å². The molecule has 0 N–H and O–H groups in total. The lowest BCUT2D eigenvalue weighted by atomic mass is 10.1. The van der Waals surface area contributed by atoms with E-state index in [1.54, 1.807) is 0 Å². The molecular formula is C22H22BrN3. The van der Waals surface area contributed by atoms with Gasteiger partial charge in [-0.05, 0) is 31.0 Å². The molecule has 0 radical (unpaired) electrons. The van der Waals surface area contributed by atoms with Crippen LogP contribution in [0, 0.1) is 0 Å². The van der Waals surface area contributed by atoms with Gasteiger partial charge < -0.3 is 4.90 Å². The highest BCUT2D eigenvalue weighted by Gasteiger charge is 2.16. The molecule has 0 saturated carbocycles. The summed E-state index contributed by atoms with van der Waals surface area (Å²) in [4.78, 5) is 12.2. The first-order valence-electron chi connectivity index (χ1n) is 9.25. The Kier molecular flexibility index (Phi) is 5.30. The maximum Gasteiger partial charge on any atom is 0.226 e. The number of halogens is 1. The van der Waals surface area contributed by atoms with Crippen molar-refractivity contribution in [1.82, 2.24) is 9.97 Å². The Morgan fingerprint density at radius 1 is 0.692 bits per heavy atom. The summed E-state index contributed by atoms with van der Waals surface area (Å²) in [6.45, 7) is 2.08. The van der Waals surface area contributed by atoms with Crippen LogP contribution in [0.15, 0.2) is 65.1 Å². The molecule has 0 unspecified atom stereocenters. The van der Waals surface area contributed by atoms with E-state index in [4.69, 9.17) is 9.97 Å². The molecule has 4 rings (SSSR count). The van der Waals surface area contributed by atoms with Crippen LogP contribution in [0.4, 0.5) is 5.95 Å². The first-order valence-corrected chi connectivity index (χ1v) is 10.0. The van der Waals surface area contributed by atoms with Gasteiger partial charge in [-0.15, -0.1) is 0 Å². The molecule has 1 saturated heterocycles. The van der Waals surface area contributed by atoms with Gasteiger partial charge in [0.05, 0.1) is 11.4 Å². The van der Waals surface area contributed by atoms with Crippen LogP contribution in [0.5, 0.6) is 0 Å². The van der Waals surface area contributed by atoms with Crippen molar-refractivity contribution < 1.29 is 0 Å². The second-order valence-electron chi connectivity index (χ2n) is 6.71. The Bertz CT molecular complexity index is 854. The minimum atomic E-state index is 0.853. The number of hydrogen-bond donors (Lipinski definition) is 0. The minimum Gasteiger partial charge on any atom is -0.341 e. The van der Waals surface area contributed by atoms with Gasteiger partial charge in [-0.25, -0.2) is 9.97 Å². The summed E-state index contributed by atoms with van der Waals surface area (Å²) >= 11 is 3.51. The smallest absolute Gasteiger partial charge is 0.226 e. The largest absolute Gasteiger partial charge is 0.341 e. The molecule has 0 spiro atoms. The van der Waals surface area contributed by atoms with E-state index in [1.807, 2.05) is 6.07 Å². The Labute approximate surface area is 163 Å². The van der Waals surface area contributed by atoms with Crippen molar-refractivity contribution in [2.24, 2.45) is 0 Å². The van der Waals surface area contributed by atoms with Crippen molar-refractivity contribution in [2.45, 2.75) is 25.7 Å². The molecule has 4 heteroatoms. The number of rotatable bonds is 3. The number of hydrogen-bond acceptors (Lipinski definition) is 3. The normalized spacial score (nSPS) is 14.9. The van der Waals surface area contributed by atoms with E-state index in [1.165, 1.54) is 25.7 Å². The van der Waals surface area contributed by atoms with Crippen LogP contribution in [0.3, 0.4) is 0 Å². The summed E-state index contributed by atoms with van der Waals surface area (Å²) in [7, 11) is 0. The summed E-state index contributed by atoms with van der Waals surface area (Å²) in [5, 5.41) is 0. The number of benzene rings is 2. The van der Waals surface area contributed by atoms with Gasteiger partial charge in [0.2, 0.25) is 5.95 Å². The molecule has 0 amide bonds. The predicted molar refractivity (Wildman–Crippen MR) is 111 cm³/mol. The van der Waals surface area contributed by atoms with Crippen LogP contribution in [-0.4, -0.2) is 23.1 Å². The van der Waals surface area contributed by atoms with Crippen molar-refractivity contribution in [3.8, 4) is 22.5 Å². The molecule has 0 aliphatic carbocycles. The Morgan fingerprint density at radius 2 is 1.27 bits per heavy atom. The van der Waals surface area contributed by atoms with E-state index in [0.29, 0.717) is 0 Å². The molecule has 0 atom stereocenters. The van der Waals surface area contributed by atoms with Crippen LogP contribution in [-0.2, 0) is 0 Å². The lowest BCUT2D eigenvalue weighted by Crippen LogP contribution is -2.26. The van der Waals surface area contributed by atoms with Gasteiger partial charge in [-0.2, -0.15) is 0 Å². The second-order valence-corrected chi connectivity index (χ2v) is 7.63. The molecule has 2 aromatic carbocycles. The highest BCUT2D eigenvalue weighted by molar-refractivity contribution is 9.10. The standard InChI is InChI=1S/C22H22BrN3/c23-19-12-10-18(11-13-19)21-16-20(17-8-4-3-5-9-17)24-22(25-21)26-14-6-1-2-7-15-26/h3-5,8-13,16H,1-2,6-7,14-15H2. The maximum absolute atomic E-state index is 4.92. The third-order valence-corrected chi connectivity index (χ3v) is 5.34. The summed E-state index contributed by atoms with van der Waals surface area (Å²) in [6, 6.07) is 20.8. The topological polar surface area (TPSA) is 29.0 Å². The van der Waals surface area contributed by atoms with E-state index < -0.39 is 0 Å². The zero-order chi connectivity index (χ0) is 17.8. The third kappa shape index (κ3) is 3.96. The van der Waals surface area contributed by atoms with Crippen LogP contribution < -0.4 is 4.90 Å². The number of nitrogens with zero attached hydrogens (tertiary/aromatic N) is 3. The van der Waals surface area contributed by atoms with E-state index in [-0.39, 0.29) is 0 Å². The molecule has 2 heterocycles. The van der Waals surface area contributed by atoms with E-state index in [2.05, 4.69) is 75.4 Å². The molecule has 3 aromatic rings. The fourth-order valence-corrected chi connectivity index (χ4v) is 3.64. The van der Waals surface area contributed by atoms with Gasteiger partial charge >= 0.3 is 0 Å². The third-order valence-electron chi connectivity index (χ3n) is 4.81. The van der Waals surface area contributed by atoms with Gasteiger partial charge in [-0.1, -0.05) is 71.2 Å². The highest BCUT2D eigenvalue weighted by Crippen LogP contribution is 2.28. The first-order chi connectivity index (χ1) is 12.8. The molecule has 1 aromatic heterocycles. The SMILES string of the molecule is Brc1ccc(-c2cc(-c3ccccc3)nc(N3CCCCCC3)n2)cc1. The molecule has 26 heavy (non-hydrogen) atoms. The monoisotopic (exact) mass is 407 g/mol. The number of anilines is 1. The van der Waals surface area contributed by atoms with E-state index in [0.717, 1.165) is 46.0 Å². The van der Waals surface area contributed by atoms with Crippen LogP contribution in [0.2, 0.25) is 0 Å². The zero-order valence-electron chi connectivity index (χ0n) is 14.7. The quantitative estimate of drug-likeness (QED) is 0.536. The first kappa shape index (κ1) is 17.2. The van der Waals surface area contributed by atoms with Gasteiger partial charge in [0.15, 0.2) is 0 Å². The zero-order valence-corrected chi connectivity index (χ0v) is 16.3. The van der Waals surface area contributed by atoms with Crippen molar-refractivity contribution in [3.63, 3.8) is 0 Å². The van der Waals surface area contributed by atoms with Gasteiger partial charge in [0, 0.05) is 28.7 Å². The molecule has 1 fully saturated rings. The maximum atomic E-state index is 4.92. The molecule has 3 nitrogen and oxygen atoms in total. The summed E-state index contributed by atoms with van der Waals surface area (Å²) in [5.41, 5.74) is 4.21. The lowest BCUT2D eigenvalue weighted by Gasteiger charge is -2.21. The molecule has 1 aliphatic heterocycles. The van der Waals surface area contributed by atoms with Crippen molar-refractivity contribution in [2.75, 3.05) is 18.0 Å². The summed E-state index contributed by atoms with van der Waals surface area (Å²) < 4.78 is 1.08. The lowest BCUT2D eigenvalue weighted by molar-refractivity contribution is 0.726. The van der Waals surface area contributed by atoms with Crippen LogP contribution >= 0.6 is 15.9 Å². The van der Waals surface area contributed by atoms with Crippen LogP contribution in [0.1, 0.15) is 25.7 Å². The fraction of sp³-hybridized carbons (Fsp3) is 0.273. The Morgan fingerprint density at radius 3 is 1.88 bits per heavy atom. The fourth-order valence-electron chi connectivity index (χ4n) is 3.37. The van der Waals surface area contributed by atoms with E-state index >= 15 is 0 Å². The highest BCUT2D eigenvalue weighted by atomic mass is 79.9. The Hall–Kier alpha value is -2.20. The molecule has 132 valence electrons. The molecule has 1 aliphatic rings. The Balaban J connectivity index is 1.80. The summed E-state index contributed by atoms with van der Waals surface area (Å²) in [6.07, 6.45) is 5.03. The summed E-state index contributed by atoms with van der Waals surface area (Å²) in [5.74, 6) is 0.853. The minimum absolute atomic E-state index is 0.853. The van der Waals surface area contributed by atoms with E-state index in [9.17, 15) is 0 Å². The van der Waals surface area contributed by atoms with Crippen molar-refractivity contribution >= 4 is 21.9 Å². The average molecular weight is 408 g/mol. The molecule has 0 bridgehead atoms. The molecular weight excluding hydrogens is 386 g/mol.